The van der Waals surface area contributed by atoms with Gasteiger partial charge in [-0.2, -0.15) is 23.4 Å². The van der Waals surface area contributed by atoms with E-state index in [-0.39, 0.29) is 6.54 Å². The van der Waals surface area contributed by atoms with E-state index in [0.29, 0.717) is 11.4 Å². The summed E-state index contributed by atoms with van der Waals surface area (Å²) in [5.41, 5.74) is -1.05. The number of amides is 1. The maximum Gasteiger partial charge on any atom is 0.435 e. The molecule has 25 heavy (non-hydrogen) atoms. The predicted molar refractivity (Wildman–Crippen MR) is 80.7 cm³/mol. The van der Waals surface area contributed by atoms with E-state index in [2.05, 4.69) is 20.5 Å². The molecule has 0 unspecified atom stereocenters. The van der Waals surface area contributed by atoms with Crippen molar-refractivity contribution < 1.29 is 18.0 Å². The summed E-state index contributed by atoms with van der Waals surface area (Å²) in [6, 6.07) is 5.07. The Kier molecular flexibility index (Phi) is 4.26. The highest BCUT2D eigenvalue weighted by molar-refractivity contribution is 5.95. The molecule has 1 amide bonds. The van der Waals surface area contributed by atoms with Crippen molar-refractivity contribution in [1.29, 1.82) is 0 Å². The first-order chi connectivity index (χ1) is 11.8. The first kappa shape index (κ1) is 16.7. The molecule has 3 aromatic rings. The molecule has 130 valence electrons. The van der Waals surface area contributed by atoms with Gasteiger partial charge in [0.1, 0.15) is 0 Å². The predicted octanol–water partition coefficient (Wildman–Crippen LogP) is 1.95. The summed E-state index contributed by atoms with van der Waals surface area (Å²) >= 11 is 0. The molecule has 1 N–H and O–H groups in total. The van der Waals surface area contributed by atoms with Crippen molar-refractivity contribution in [1.82, 2.24) is 29.9 Å². The van der Waals surface area contributed by atoms with Crippen LogP contribution in [0.2, 0.25) is 0 Å². The fourth-order valence-electron chi connectivity index (χ4n) is 2.24. The Labute approximate surface area is 140 Å². The van der Waals surface area contributed by atoms with Gasteiger partial charge in [-0.15, -0.1) is 0 Å². The molecule has 0 saturated carbocycles. The van der Waals surface area contributed by atoms with E-state index in [1.807, 2.05) is 0 Å². The minimum absolute atomic E-state index is 0.0435. The molecule has 0 aromatic carbocycles. The molecule has 3 aromatic heterocycles. The van der Waals surface area contributed by atoms with Gasteiger partial charge in [0.2, 0.25) is 0 Å². The van der Waals surface area contributed by atoms with Crippen molar-refractivity contribution in [2.45, 2.75) is 12.7 Å². The van der Waals surface area contributed by atoms with Crippen molar-refractivity contribution in [3.05, 3.63) is 59.8 Å². The number of rotatable bonds is 4. The lowest BCUT2D eigenvalue weighted by Crippen LogP contribution is -2.25. The van der Waals surface area contributed by atoms with Crippen LogP contribution in [0.25, 0.3) is 5.82 Å². The number of aryl methyl sites for hydroxylation is 1. The van der Waals surface area contributed by atoms with Crippen molar-refractivity contribution in [2.24, 2.45) is 7.05 Å². The molecular formula is C15H13F3N6O. The van der Waals surface area contributed by atoms with Gasteiger partial charge >= 0.3 is 6.18 Å². The van der Waals surface area contributed by atoms with Gasteiger partial charge in [-0.25, -0.2) is 9.67 Å². The maximum atomic E-state index is 12.9. The minimum atomic E-state index is -4.70. The van der Waals surface area contributed by atoms with Crippen LogP contribution in [-0.4, -0.2) is 30.5 Å². The van der Waals surface area contributed by atoms with Crippen LogP contribution < -0.4 is 5.32 Å². The van der Waals surface area contributed by atoms with Crippen LogP contribution in [0, 0.1) is 0 Å². The molecule has 7 nitrogen and oxygen atoms in total. The Morgan fingerprint density at radius 3 is 2.80 bits per heavy atom. The maximum absolute atomic E-state index is 12.9. The number of hydrogen-bond acceptors (Lipinski definition) is 4. The van der Waals surface area contributed by atoms with Gasteiger partial charge in [-0.3, -0.25) is 9.48 Å². The second-order valence-electron chi connectivity index (χ2n) is 5.22. The number of nitrogens with zero attached hydrogens (tertiary/aromatic N) is 5. The first-order valence-electron chi connectivity index (χ1n) is 7.18. The highest BCUT2D eigenvalue weighted by Crippen LogP contribution is 2.30. The van der Waals surface area contributed by atoms with Crippen LogP contribution in [0.3, 0.4) is 0 Å². The molecule has 0 spiro atoms. The van der Waals surface area contributed by atoms with Crippen LogP contribution >= 0.6 is 0 Å². The number of carbonyl (C=O) groups excluding carboxylic acids is 1. The van der Waals surface area contributed by atoms with Crippen LogP contribution in [0.5, 0.6) is 0 Å². The third-order valence-corrected chi connectivity index (χ3v) is 3.34. The van der Waals surface area contributed by atoms with Crippen molar-refractivity contribution in [2.75, 3.05) is 0 Å². The van der Waals surface area contributed by atoms with Crippen LogP contribution in [0.4, 0.5) is 13.2 Å². The summed E-state index contributed by atoms with van der Waals surface area (Å²) in [5.74, 6) is -0.313. The molecule has 0 fully saturated rings. The third-order valence-electron chi connectivity index (χ3n) is 3.34. The quantitative estimate of drug-likeness (QED) is 0.780. The Bertz CT molecular complexity index is 885. The van der Waals surface area contributed by atoms with Crippen molar-refractivity contribution >= 4 is 5.91 Å². The zero-order valence-electron chi connectivity index (χ0n) is 13.0. The van der Waals surface area contributed by atoms with Gasteiger partial charge in [0.05, 0.1) is 5.56 Å². The van der Waals surface area contributed by atoms with E-state index in [1.54, 1.807) is 30.6 Å². The highest BCUT2D eigenvalue weighted by Gasteiger charge is 2.38. The third kappa shape index (κ3) is 3.67. The van der Waals surface area contributed by atoms with Gasteiger partial charge < -0.3 is 5.32 Å². The number of pyridine rings is 1. The zero-order valence-corrected chi connectivity index (χ0v) is 13.0. The number of carbonyl (C=O) groups is 1. The minimum Gasteiger partial charge on any atom is -0.348 e. The molecule has 10 heteroatoms. The zero-order chi connectivity index (χ0) is 18.0. The summed E-state index contributed by atoms with van der Waals surface area (Å²) in [6.07, 6.45) is 1.18. The number of nitrogens with one attached hydrogen (secondary N) is 1. The molecule has 0 radical (unpaired) electrons. The van der Waals surface area contributed by atoms with E-state index in [9.17, 15) is 18.0 Å². The van der Waals surface area contributed by atoms with Crippen LogP contribution in [-0.2, 0) is 19.8 Å². The van der Waals surface area contributed by atoms with Crippen LogP contribution in [0.15, 0.2) is 43.0 Å². The Morgan fingerprint density at radius 1 is 1.32 bits per heavy atom. The van der Waals surface area contributed by atoms with Gasteiger partial charge in [-0.1, -0.05) is 0 Å². The summed E-state index contributed by atoms with van der Waals surface area (Å²) in [5, 5.41) is 9.82. The standard InChI is InChI=1S/C15H13F3N6O/c1-23-9-11(13(22-23)15(16,17)18)14(25)20-8-10-3-5-19-12(7-10)24-6-2-4-21-24/h2-7,9H,8H2,1H3,(H,20,25). The molecule has 3 heterocycles. The van der Waals surface area contributed by atoms with Crippen molar-refractivity contribution in [3.63, 3.8) is 0 Å². The lowest BCUT2D eigenvalue weighted by Gasteiger charge is -2.08. The second kappa shape index (κ2) is 6.38. The van der Waals surface area contributed by atoms with E-state index >= 15 is 0 Å². The van der Waals surface area contributed by atoms with E-state index < -0.39 is 23.3 Å². The topological polar surface area (TPSA) is 77.6 Å². The number of alkyl halides is 3. The molecular weight excluding hydrogens is 337 g/mol. The lowest BCUT2D eigenvalue weighted by atomic mass is 10.2. The van der Waals surface area contributed by atoms with E-state index in [1.165, 1.54) is 17.9 Å². The van der Waals surface area contributed by atoms with Gasteiger partial charge in [0.25, 0.3) is 5.91 Å². The summed E-state index contributed by atoms with van der Waals surface area (Å²) in [7, 11) is 1.32. The molecule has 0 atom stereocenters. The summed E-state index contributed by atoms with van der Waals surface area (Å²) in [4.78, 5) is 16.3. The smallest absolute Gasteiger partial charge is 0.348 e. The summed E-state index contributed by atoms with van der Waals surface area (Å²) < 4.78 is 41.3. The Morgan fingerprint density at radius 2 is 2.12 bits per heavy atom. The first-order valence-corrected chi connectivity index (χ1v) is 7.18. The second-order valence-corrected chi connectivity index (χ2v) is 5.22. The largest absolute Gasteiger partial charge is 0.435 e. The Hall–Kier alpha value is -3.17. The highest BCUT2D eigenvalue weighted by atomic mass is 19.4. The van der Waals surface area contributed by atoms with E-state index in [4.69, 9.17) is 0 Å². The molecule has 3 rings (SSSR count). The molecule has 0 aliphatic rings. The summed E-state index contributed by atoms with van der Waals surface area (Å²) in [6.45, 7) is 0.0435. The Balaban J connectivity index is 1.74. The molecule has 0 aliphatic carbocycles. The average Bonchev–Trinajstić information content (AvgIpc) is 3.22. The monoisotopic (exact) mass is 350 g/mol. The van der Waals surface area contributed by atoms with Gasteiger partial charge in [0.15, 0.2) is 11.5 Å². The molecule has 0 saturated heterocycles. The molecule has 0 bridgehead atoms. The number of aromatic nitrogens is 5. The SMILES string of the molecule is Cn1cc(C(=O)NCc2ccnc(-n3cccn3)c2)c(C(F)(F)F)n1. The number of halogens is 3. The normalized spacial score (nSPS) is 11.5. The van der Waals surface area contributed by atoms with Gasteiger partial charge in [-0.05, 0) is 23.8 Å². The van der Waals surface area contributed by atoms with Crippen LogP contribution in [0.1, 0.15) is 21.6 Å². The lowest BCUT2D eigenvalue weighted by molar-refractivity contribution is -0.141. The van der Waals surface area contributed by atoms with E-state index in [0.717, 1.165) is 10.9 Å². The fraction of sp³-hybridized carbons (Fsp3) is 0.200. The fourth-order valence-corrected chi connectivity index (χ4v) is 2.24. The van der Waals surface area contributed by atoms with Gasteiger partial charge in [0, 0.05) is 38.4 Å². The average molecular weight is 350 g/mol. The van der Waals surface area contributed by atoms with Crippen molar-refractivity contribution in [3.8, 4) is 5.82 Å². The molecule has 0 aliphatic heterocycles. The number of hydrogen-bond donors (Lipinski definition) is 1.